The van der Waals surface area contributed by atoms with Crippen LogP contribution < -0.4 is 0 Å². The van der Waals surface area contributed by atoms with E-state index in [1.165, 1.54) is 12.8 Å². The van der Waals surface area contributed by atoms with Gasteiger partial charge >= 0.3 is 0 Å². The Kier molecular flexibility index (Phi) is 5.22. The molecule has 1 unspecified atom stereocenters. The molecule has 0 spiro atoms. The Bertz CT molecular complexity index is 193. The Morgan fingerprint density at radius 3 is 2.31 bits per heavy atom. The Hall–Kier alpha value is -0.120. The van der Waals surface area contributed by atoms with Gasteiger partial charge in [-0.05, 0) is 37.3 Å². The van der Waals surface area contributed by atoms with Crippen molar-refractivity contribution in [2.45, 2.75) is 39.7 Å². The summed E-state index contributed by atoms with van der Waals surface area (Å²) >= 11 is 0. The number of aliphatic hydroxyl groups excluding tert-OH is 1. The smallest absolute Gasteiger partial charge is 0.0715 e. The zero-order valence-corrected chi connectivity index (χ0v) is 11.2. The first kappa shape index (κ1) is 13.9. The Morgan fingerprint density at radius 2 is 1.88 bits per heavy atom. The van der Waals surface area contributed by atoms with Crippen molar-refractivity contribution in [3.05, 3.63) is 0 Å². The lowest BCUT2D eigenvalue weighted by Crippen LogP contribution is -2.43. The summed E-state index contributed by atoms with van der Waals surface area (Å²) < 4.78 is 5.18. The lowest BCUT2D eigenvalue weighted by atomic mass is 9.88. The van der Waals surface area contributed by atoms with Crippen LogP contribution in [0.25, 0.3) is 0 Å². The first-order valence-electron chi connectivity index (χ1n) is 6.33. The maximum Gasteiger partial charge on any atom is 0.0715 e. The maximum absolute atomic E-state index is 10.0. The summed E-state index contributed by atoms with van der Waals surface area (Å²) in [5, 5.41) is 10.0. The lowest BCUT2D eigenvalue weighted by molar-refractivity contribution is 0.0133. The third-order valence-electron chi connectivity index (χ3n) is 3.54. The monoisotopic (exact) mass is 229 g/mol. The van der Waals surface area contributed by atoms with Crippen LogP contribution in [0.15, 0.2) is 0 Å². The van der Waals surface area contributed by atoms with Crippen LogP contribution in [0, 0.1) is 11.3 Å². The van der Waals surface area contributed by atoms with Crippen molar-refractivity contribution in [3.63, 3.8) is 0 Å². The van der Waals surface area contributed by atoms with Gasteiger partial charge in [-0.3, -0.25) is 0 Å². The molecule has 1 aliphatic heterocycles. The SMILES string of the molecule is COCC1CCN(CC(O)C(C)(C)C)CC1. The number of aliphatic hydroxyl groups is 1. The number of likely N-dealkylation sites (tertiary alicyclic amines) is 1. The summed E-state index contributed by atoms with van der Waals surface area (Å²) in [6, 6.07) is 0. The van der Waals surface area contributed by atoms with Gasteiger partial charge in [0.25, 0.3) is 0 Å². The molecule has 3 heteroatoms. The summed E-state index contributed by atoms with van der Waals surface area (Å²) in [4.78, 5) is 2.38. The van der Waals surface area contributed by atoms with Crippen molar-refractivity contribution in [2.75, 3.05) is 33.4 Å². The highest BCUT2D eigenvalue weighted by Crippen LogP contribution is 2.23. The van der Waals surface area contributed by atoms with Gasteiger partial charge in [0.15, 0.2) is 0 Å². The molecule has 16 heavy (non-hydrogen) atoms. The zero-order chi connectivity index (χ0) is 12.2. The van der Waals surface area contributed by atoms with E-state index in [1.54, 1.807) is 7.11 Å². The van der Waals surface area contributed by atoms with Crippen LogP contribution in [-0.4, -0.2) is 49.5 Å². The molecule has 1 heterocycles. The van der Waals surface area contributed by atoms with E-state index < -0.39 is 0 Å². The maximum atomic E-state index is 10.0. The molecule has 96 valence electrons. The van der Waals surface area contributed by atoms with Crippen molar-refractivity contribution in [1.82, 2.24) is 4.90 Å². The average molecular weight is 229 g/mol. The van der Waals surface area contributed by atoms with Gasteiger partial charge in [-0.1, -0.05) is 20.8 Å². The van der Waals surface area contributed by atoms with Gasteiger partial charge < -0.3 is 14.7 Å². The number of methoxy groups -OCH3 is 1. The van der Waals surface area contributed by atoms with E-state index in [4.69, 9.17) is 4.74 Å². The fraction of sp³-hybridized carbons (Fsp3) is 1.00. The number of piperidine rings is 1. The number of hydrogen-bond donors (Lipinski definition) is 1. The number of β-amino-alcohol motifs (C(OH)–C–C–N with tert-alkyl or cyclic N) is 1. The standard InChI is InChI=1S/C13H27NO2/c1-13(2,3)12(15)9-14-7-5-11(6-8-14)10-16-4/h11-12,15H,5-10H2,1-4H3. The van der Waals surface area contributed by atoms with Crippen molar-refractivity contribution >= 4 is 0 Å². The van der Waals surface area contributed by atoms with Crippen LogP contribution >= 0.6 is 0 Å². The van der Waals surface area contributed by atoms with Gasteiger partial charge in [0, 0.05) is 20.3 Å². The molecular weight excluding hydrogens is 202 g/mol. The van der Waals surface area contributed by atoms with Crippen molar-refractivity contribution in [1.29, 1.82) is 0 Å². The molecule has 1 aliphatic rings. The highest BCUT2D eigenvalue weighted by molar-refractivity contribution is 4.79. The van der Waals surface area contributed by atoms with Crippen LogP contribution in [0.4, 0.5) is 0 Å². The number of nitrogens with zero attached hydrogens (tertiary/aromatic N) is 1. The molecule has 0 saturated carbocycles. The van der Waals surface area contributed by atoms with Crippen LogP contribution in [0.3, 0.4) is 0 Å². The first-order chi connectivity index (χ1) is 7.43. The Labute approximate surface area is 99.8 Å². The van der Waals surface area contributed by atoms with Gasteiger partial charge in [0.05, 0.1) is 6.10 Å². The molecule has 1 fully saturated rings. The van der Waals surface area contributed by atoms with E-state index in [0.29, 0.717) is 5.92 Å². The third kappa shape index (κ3) is 4.40. The van der Waals surface area contributed by atoms with Gasteiger partial charge in [0.2, 0.25) is 0 Å². The summed E-state index contributed by atoms with van der Waals surface area (Å²) in [7, 11) is 1.77. The van der Waals surface area contributed by atoms with Crippen LogP contribution in [-0.2, 0) is 4.74 Å². The second-order valence-electron chi connectivity index (χ2n) is 6.08. The van der Waals surface area contributed by atoms with Crippen molar-refractivity contribution < 1.29 is 9.84 Å². The largest absolute Gasteiger partial charge is 0.391 e. The summed E-state index contributed by atoms with van der Waals surface area (Å²) in [6.07, 6.45) is 2.17. The summed E-state index contributed by atoms with van der Waals surface area (Å²) in [5.74, 6) is 0.716. The summed E-state index contributed by atoms with van der Waals surface area (Å²) in [6.45, 7) is 10.2. The first-order valence-corrected chi connectivity index (χ1v) is 6.33. The molecule has 0 bridgehead atoms. The van der Waals surface area contributed by atoms with E-state index in [9.17, 15) is 5.11 Å². The molecule has 1 N–H and O–H groups in total. The van der Waals surface area contributed by atoms with E-state index in [-0.39, 0.29) is 11.5 Å². The molecule has 0 amide bonds. The number of hydrogen-bond acceptors (Lipinski definition) is 3. The molecule has 1 saturated heterocycles. The Balaban J connectivity index is 2.27. The fourth-order valence-electron chi connectivity index (χ4n) is 2.09. The highest BCUT2D eigenvalue weighted by Gasteiger charge is 2.26. The van der Waals surface area contributed by atoms with Crippen molar-refractivity contribution in [3.8, 4) is 0 Å². The van der Waals surface area contributed by atoms with E-state index in [2.05, 4.69) is 25.7 Å². The molecule has 0 aromatic heterocycles. The summed E-state index contributed by atoms with van der Waals surface area (Å²) in [5.41, 5.74) is -0.0105. The molecule has 1 rings (SSSR count). The van der Waals surface area contributed by atoms with Gasteiger partial charge in [-0.15, -0.1) is 0 Å². The molecule has 1 atom stereocenters. The second kappa shape index (κ2) is 5.99. The molecule has 0 aromatic carbocycles. The minimum atomic E-state index is -0.230. The average Bonchev–Trinajstić information content (AvgIpc) is 2.20. The van der Waals surface area contributed by atoms with E-state index in [1.807, 2.05) is 0 Å². The third-order valence-corrected chi connectivity index (χ3v) is 3.54. The lowest BCUT2D eigenvalue weighted by Gasteiger charge is -2.36. The van der Waals surface area contributed by atoms with Gasteiger partial charge in [-0.25, -0.2) is 0 Å². The predicted octanol–water partition coefficient (Wildman–Crippen LogP) is 1.75. The predicted molar refractivity (Wildman–Crippen MR) is 66.5 cm³/mol. The minimum absolute atomic E-state index is 0.0105. The number of ether oxygens (including phenoxy) is 1. The Morgan fingerprint density at radius 1 is 1.31 bits per heavy atom. The molecule has 0 radical (unpaired) electrons. The highest BCUT2D eigenvalue weighted by atomic mass is 16.5. The quantitative estimate of drug-likeness (QED) is 0.797. The van der Waals surface area contributed by atoms with E-state index >= 15 is 0 Å². The minimum Gasteiger partial charge on any atom is -0.391 e. The molecule has 3 nitrogen and oxygen atoms in total. The molecule has 0 aromatic rings. The van der Waals surface area contributed by atoms with Crippen LogP contribution in [0.2, 0.25) is 0 Å². The topological polar surface area (TPSA) is 32.7 Å². The number of rotatable bonds is 4. The fourth-order valence-corrected chi connectivity index (χ4v) is 2.09. The van der Waals surface area contributed by atoms with Crippen molar-refractivity contribution in [2.24, 2.45) is 11.3 Å². The van der Waals surface area contributed by atoms with E-state index in [0.717, 1.165) is 26.2 Å². The molecular formula is C13H27NO2. The zero-order valence-electron chi connectivity index (χ0n) is 11.2. The second-order valence-corrected chi connectivity index (χ2v) is 6.08. The van der Waals surface area contributed by atoms with Gasteiger partial charge in [0.1, 0.15) is 0 Å². The van der Waals surface area contributed by atoms with Gasteiger partial charge in [-0.2, -0.15) is 0 Å². The normalized spacial score (nSPS) is 22.3. The molecule has 0 aliphatic carbocycles. The van der Waals surface area contributed by atoms with Crippen LogP contribution in [0.1, 0.15) is 33.6 Å². The van der Waals surface area contributed by atoms with Crippen LogP contribution in [0.5, 0.6) is 0 Å².